The van der Waals surface area contributed by atoms with Crippen molar-refractivity contribution in [3.8, 4) is 0 Å². The number of carbonyl (C=O) groups excluding carboxylic acids is 1. The number of aromatic amines is 1. The van der Waals surface area contributed by atoms with Gasteiger partial charge >= 0.3 is 0 Å². The van der Waals surface area contributed by atoms with E-state index in [9.17, 15) is 4.79 Å². The average molecular weight is 263 g/mol. The van der Waals surface area contributed by atoms with Gasteiger partial charge in [-0.05, 0) is 31.0 Å². The predicted octanol–water partition coefficient (Wildman–Crippen LogP) is 4.27. The highest BCUT2D eigenvalue weighted by atomic mass is 16.1. The standard InChI is InChI=1S/C18H17NO/c1-3-13-5-7-14(8-6-13)18(20)16-11-19-17-9-4-12(2)10-15(16)17/h4-11,19H,3H2,1-2H3. The second-order valence-corrected chi connectivity index (χ2v) is 5.13. The molecule has 0 aliphatic carbocycles. The molecule has 3 rings (SSSR count). The van der Waals surface area contributed by atoms with Gasteiger partial charge in [0.25, 0.3) is 0 Å². The molecule has 1 N–H and O–H groups in total. The lowest BCUT2D eigenvalue weighted by molar-refractivity contribution is 0.104. The summed E-state index contributed by atoms with van der Waals surface area (Å²) in [5.41, 5.74) is 4.89. The van der Waals surface area contributed by atoms with Crippen LogP contribution in [0, 0.1) is 6.92 Å². The van der Waals surface area contributed by atoms with Crippen LogP contribution < -0.4 is 0 Å². The Bertz CT molecular complexity index is 766. The average Bonchev–Trinajstić information content (AvgIpc) is 2.89. The molecule has 0 unspecified atom stereocenters. The number of benzene rings is 2. The topological polar surface area (TPSA) is 32.9 Å². The van der Waals surface area contributed by atoms with Gasteiger partial charge in [0.2, 0.25) is 0 Å². The Labute approximate surface area is 118 Å². The van der Waals surface area contributed by atoms with Gasteiger partial charge in [-0.25, -0.2) is 0 Å². The Morgan fingerprint density at radius 2 is 1.85 bits per heavy atom. The second kappa shape index (κ2) is 4.97. The Morgan fingerprint density at radius 1 is 1.10 bits per heavy atom. The first-order valence-electron chi connectivity index (χ1n) is 6.90. The predicted molar refractivity (Wildman–Crippen MR) is 82.3 cm³/mol. The van der Waals surface area contributed by atoms with Crippen LogP contribution >= 0.6 is 0 Å². The minimum Gasteiger partial charge on any atom is -0.360 e. The van der Waals surface area contributed by atoms with Crippen molar-refractivity contribution in [3.63, 3.8) is 0 Å². The second-order valence-electron chi connectivity index (χ2n) is 5.13. The number of hydrogen-bond donors (Lipinski definition) is 1. The number of aromatic nitrogens is 1. The van der Waals surface area contributed by atoms with Gasteiger partial charge in [0.15, 0.2) is 5.78 Å². The highest BCUT2D eigenvalue weighted by molar-refractivity contribution is 6.16. The van der Waals surface area contributed by atoms with Crippen LogP contribution in [0.1, 0.15) is 34.0 Å². The molecule has 0 radical (unpaired) electrons. The number of carbonyl (C=O) groups is 1. The van der Waals surface area contributed by atoms with Crippen LogP contribution in [0.5, 0.6) is 0 Å². The smallest absolute Gasteiger partial charge is 0.195 e. The minimum absolute atomic E-state index is 0.0736. The summed E-state index contributed by atoms with van der Waals surface area (Å²) >= 11 is 0. The summed E-state index contributed by atoms with van der Waals surface area (Å²) in [6.07, 6.45) is 2.79. The molecule has 2 heteroatoms. The van der Waals surface area contributed by atoms with Gasteiger partial charge in [-0.2, -0.15) is 0 Å². The van der Waals surface area contributed by atoms with Crippen molar-refractivity contribution in [2.45, 2.75) is 20.3 Å². The molecule has 1 aromatic heterocycles. The normalized spacial score (nSPS) is 10.9. The molecule has 1 heterocycles. The number of rotatable bonds is 3. The fourth-order valence-corrected chi connectivity index (χ4v) is 2.47. The first-order valence-corrected chi connectivity index (χ1v) is 6.90. The number of H-pyrrole nitrogens is 1. The monoisotopic (exact) mass is 263 g/mol. The first-order chi connectivity index (χ1) is 9.69. The van der Waals surface area contributed by atoms with Crippen LogP contribution in [-0.4, -0.2) is 10.8 Å². The summed E-state index contributed by atoms with van der Waals surface area (Å²) in [6.45, 7) is 4.15. The Hall–Kier alpha value is -2.35. The molecule has 0 aliphatic heterocycles. The lowest BCUT2D eigenvalue weighted by Gasteiger charge is -2.02. The van der Waals surface area contributed by atoms with Crippen LogP contribution in [-0.2, 0) is 6.42 Å². The van der Waals surface area contributed by atoms with Gasteiger partial charge in [-0.15, -0.1) is 0 Å². The van der Waals surface area contributed by atoms with Gasteiger partial charge in [0, 0.05) is 28.2 Å². The highest BCUT2D eigenvalue weighted by Crippen LogP contribution is 2.22. The van der Waals surface area contributed by atoms with E-state index in [4.69, 9.17) is 0 Å². The third-order valence-corrected chi connectivity index (χ3v) is 3.71. The maximum atomic E-state index is 12.6. The molecule has 0 atom stereocenters. The SMILES string of the molecule is CCc1ccc(C(=O)c2c[nH]c3ccc(C)cc23)cc1. The lowest BCUT2D eigenvalue weighted by atomic mass is 10.0. The molecule has 0 saturated carbocycles. The van der Waals surface area contributed by atoms with Crippen LogP contribution in [0.4, 0.5) is 0 Å². The van der Waals surface area contributed by atoms with Gasteiger partial charge in [-0.1, -0.05) is 42.8 Å². The minimum atomic E-state index is 0.0736. The molecule has 2 nitrogen and oxygen atoms in total. The van der Waals surface area contributed by atoms with E-state index in [0.717, 1.165) is 34.0 Å². The molecule has 2 aromatic carbocycles. The van der Waals surface area contributed by atoms with Crippen LogP contribution in [0.2, 0.25) is 0 Å². The van der Waals surface area contributed by atoms with E-state index in [1.807, 2.05) is 43.3 Å². The van der Waals surface area contributed by atoms with Crippen molar-refractivity contribution in [3.05, 3.63) is 70.9 Å². The highest BCUT2D eigenvalue weighted by Gasteiger charge is 2.14. The van der Waals surface area contributed by atoms with Gasteiger partial charge in [0.1, 0.15) is 0 Å². The number of aryl methyl sites for hydroxylation is 2. The van der Waals surface area contributed by atoms with Crippen molar-refractivity contribution >= 4 is 16.7 Å². The quantitative estimate of drug-likeness (QED) is 0.703. The molecule has 0 aliphatic rings. The lowest BCUT2D eigenvalue weighted by Crippen LogP contribution is -2.00. The van der Waals surface area contributed by atoms with E-state index in [0.29, 0.717) is 0 Å². The van der Waals surface area contributed by atoms with Crippen molar-refractivity contribution in [1.29, 1.82) is 0 Å². The zero-order chi connectivity index (χ0) is 14.1. The molecule has 0 amide bonds. The zero-order valence-electron chi connectivity index (χ0n) is 11.7. The number of ketones is 1. The van der Waals surface area contributed by atoms with E-state index >= 15 is 0 Å². The van der Waals surface area contributed by atoms with Crippen molar-refractivity contribution in [1.82, 2.24) is 4.98 Å². The van der Waals surface area contributed by atoms with E-state index in [2.05, 4.69) is 18.0 Å². The molecule has 0 bridgehead atoms. The molecule has 3 aromatic rings. The van der Waals surface area contributed by atoms with Gasteiger partial charge in [-0.3, -0.25) is 4.79 Å². The summed E-state index contributed by atoms with van der Waals surface area (Å²) in [5, 5.41) is 0.995. The van der Waals surface area contributed by atoms with Crippen LogP contribution in [0.15, 0.2) is 48.7 Å². The van der Waals surface area contributed by atoms with E-state index in [1.165, 1.54) is 5.56 Å². The van der Waals surface area contributed by atoms with E-state index in [-0.39, 0.29) is 5.78 Å². The Morgan fingerprint density at radius 3 is 2.55 bits per heavy atom. The summed E-state index contributed by atoms with van der Waals surface area (Å²) < 4.78 is 0. The molecular formula is C18H17NO. The zero-order valence-corrected chi connectivity index (χ0v) is 11.7. The molecule has 0 fully saturated rings. The maximum Gasteiger partial charge on any atom is 0.195 e. The van der Waals surface area contributed by atoms with Crippen molar-refractivity contribution < 1.29 is 4.79 Å². The van der Waals surface area contributed by atoms with E-state index < -0.39 is 0 Å². The molecule has 20 heavy (non-hydrogen) atoms. The number of hydrogen-bond acceptors (Lipinski definition) is 1. The maximum absolute atomic E-state index is 12.6. The number of nitrogens with one attached hydrogen (secondary N) is 1. The molecule has 100 valence electrons. The fraction of sp³-hybridized carbons (Fsp3) is 0.167. The molecule has 0 spiro atoms. The van der Waals surface area contributed by atoms with Gasteiger partial charge in [0.05, 0.1) is 0 Å². The van der Waals surface area contributed by atoms with Crippen molar-refractivity contribution in [2.24, 2.45) is 0 Å². The van der Waals surface area contributed by atoms with Crippen molar-refractivity contribution in [2.75, 3.05) is 0 Å². The van der Waals surface area contributed by atoms with Gasteiger partial charge < -0.3 is 4.98 Å². The third kappa shape index (κ3) is 2.14. The third-order valence-electron chi connectivity index (χ3n) is 3.71. The molecular weight excluding hydrogens is 246 g/mol. The largest absolute Gasteiger partial charge is 0.360 e. The molecule has 0 saturated heterocycles. The van der Waals surface area contributed by atoms with Crippen LogP contribution in [0.25, 0.3) is 10.9 Å². The first kappa shape index (κ1) is 12.7. The summed E-state index contributed by atoms with van der Waals surface area (Å²) in [5.74, 6) is 0.0736. The van der Waals surface area contributed by atoms with E-state index in [1.54, 1.807) is 6.20 Å². The summed E-state index contributed by atoms with van der Waals surface area (Å²) in [6, 6.07) is 14.0. The Balaban J connectivity index is 2.05. The van der Waals surface area contributed by atoms with Crippen LogP contribution in [0.3, 0.4) is 0 Å². The summed E-state index contributed by atoms with van der Waals surface area (Å²) in [7, 11) is 0. The Kier molecular flexibility index (Phi) is 3.15. The fourth-order valence-electron chi connectivity index (χ4n) is 2.47. The summed E-state index contributed by atoms with van der Waals surface area (Å²) in [4.78, 5) is 15.8. The number of fused-ring (bicyclic) bond motifs is 1.